The third kappa shape index (κ3) is 11.9. The van der Waals surface area contributed by atoms with Crippen LogP contribution in [0.25, 0.3) is 22.6 Å². The first kappa shape index (κ1) is 55.1. The monoisotopic (exact) mass is 1080 g/mol. The molecule has 0 aliphatic heterocycles. The van der Waals surface area contributed by atoms with Gasteiger partial charge >= 0.3 is 0 Å². The summed E-state index contributed by atoms with van der Waals surface area (Å²) < 4.78 is 11.8. The standard InChI is InChI=1S/C58H62N14O8/c1-9-49(73)43-16-34(28-67(43)3)21-51(75)45-18-36(30-69(45)5)23-53(77)46-19-35(29-70(46)6)22-52(76)44-17-33(27-68(44)4)20-50(74)40(59)12-13-61-57(79)48-26-39(32-72(48)8)62-56(78)37-10-11-41-42(24-37)65-54(64-41)47-25-38(31-71(47)7)63-58(80)55-60-14-15-66(55)2/h10-11,14-19,24-32,40H,9,12-13,20-23,59H2,1-8H3,(H,61,79)(H,62,78)(H,63,80)(H,64,65)/p+1/t40-/m1/s1. The second kappa shape index (κ2) is 22.7. The number of hydrogen-bond donors (Lipinski definition) is 5. The molecule has 80 heavy (non-hydrogen) atoms. The number of amides is 3. The molecule has 0 spiro atoms. The van der Waals surface area contributed by atoms with E-state index in [-0.39, 0.29) is 85.0 Å². The predicted molar refractivity (Wildman–Crippen MR) is 298 cm³/mol. The Kier molecular flexibility index (Phi) is 15.6. The Labute approximate surface area is 459 Å². The molecule has 3 amide bonds. The minimum atomic E-state index is -0.652. The van der Waals surface area contributed by atoms with Gasteiger partial charge in [0.2, 0.25) is 0 Å². The van der Waals surface area contributed by atoms with Crippen molar-refractivity contribution in [2.24, 2.45) is 49.3 Å². The summed E-state index contributed by atoms with van der Waals surface area (Å²) in [6.45, 7) is 1.96. The molecule has 1 atom stereocenters. The Morgan fingerprint density at radius 3 is 1.59 bits per heavy atom. The fourth-order valence-electron chi connectivity index (χ4n) is 9.97. The van der Waals surface area contributed by atoms with E-state index < -0.39 is 17.9 Å². The summed E-state index contributed by atoms with van der Waals surface area (Å²) in [5, 5.41) is 8.56. The van der Waals surface area contributed by atoms with E-state index in [2.05, 4.69) is 31.7 Å². The third-order valence-corrected chi connectivity index (χ3v) is 14.2. The van der Waals surface area contributed by atoms with Crippen molar-refractivity contribution in [1.82, 2.24) is 52.2 Å². The highest BCUT2D eigenvalue weighted by molar-refractivity contribution is 6.07. The SMILES string of the molecule is CCC(=O)c1cc(CC(=O)c2cc(CC(=O)c3cc(CC(=O)c4cc(CC(=O)[C@H]([NH3+])CCNC(=O)c5cc(NC(=O)c6ccc7nc(-c8cc(NC(=O)c9nccn9C)cn8C)[nH]c7c6)cn5C)cn4C)cn3C)cn2C)cn1C. The number of carbonyl (C=O) groups is 8. The lowest BCUT2D eigenvalue weighted by Gasteiger charge is -2.09. The predicted octanol–water partition coefficient (Wildman–Crippen LogP) is 4.91. The summed E-state index contributed by atoms with van der Waals surface area (Å²) in [5.74, 6) is -1.01. The van der Waals surface area contributed by atoms with E-state index in [0.717, 1.165) is 5.56 Å². The summed E-state index contributed by atoms with van der Waals surface area (Å²) >= 11 is 0. The molecule has 9 rings (SSSR count). The van der Waals surface area contributed by atoms with Gasteiger partial charge in [-0.1, -0.05) is 6.92 Å². The van der Waals surface area contributed by atoms with Gasteiger partial charge in [0, 0.05) is 150 Å². The number of hydrogen-bond acceptors (Lipinski definition) is 10. The minimum Gasteiger partial charge on any atom is -0.351 e. The van der Waals surface area contributed by atoms with Gasteiger partial charge in [-0.3, -0.25) is 38.4 Å². The van der Waals surface area contributed by atoms with Gasteiger partial charge in [-0.25, -0.2) is 9.97 Å². The number of carbonyl (C=O) groups excluding carboxylic acids is 8. The normalized spacial score (nSPS) is 11.8. The van der Waals surface area contributed by atoms with Crippen molar-refractivity contribution >= 4 is 69.0 Å². The van der Waals surface area contributed by atoms with E-state index in [0.29, 0.717) is 85.4 Å². The van der Waals surface area contributed by atoms with E-state index in [9.17, 15) is 38.4 Å². The van der Waals surface area contributed by atoms with Gasteiger partial charge in [0.1, 0.15) is 11.7 Å². The Balaban J connectivity index is 0.728. The lowest BCUT2D eigenvalue weighted by atomic mass is 10.0. The topological polar surface area (TPSA) is 276 Å². The van der Waals surface area contributed by atoms with Crippen LogP contribution in [0.3, 0.4) is 0 Å². The van der Waals surface area contributed by atoms with Crippen molar-refractivity contribution in [2.75, 3.05) is 17.2 Å². The number of rotatable bonds is 23. The average molecular weight is 1080 g/mol. The molecule has 9 aromatic rings. The molecule has 0 aliphatic rings. The molecule has 8 heterocycles. The smallest absolute Gasteiger partial charge is 0.291 e. The molecule has 7 N–H and O–H groups in total. The fraction of sp³-hybridized carbons (Fsp3) is 0.276. The molecule has 22 nitrogen and oxygen atoms in total. The first-order chi connectivity index (χ1) is 38.1. The molecule has 412 valence electrons. The van der Waals surface area contributed by atoms with Gasteiger partial charge in [-0.15, -0.1) is 0 Å². The van der Waals surface area contributed by atoms with Crippen LogP contribution in [0.1, 0.15) is 115 Å². The quantitative estimate of drug-likeness (QED) is 0.0540. The highest BCUT2D eigenvalue weighted by Gasteiger charge is 2.24. The lowest BCUT2D eigenvalue weighted by Crippen LogP contribution is -2.65. The zero-order valence-corrected chi connectivity index (χ0v) is 45.8. The van der Waals surface area contributed by atoms with E-state index >= 15 is 0 Å². The Morgan fingerprint density at radius 1 is 0.550 bits per heavy atom. The Bertz CT molecular complexity index is 3930. The number of nitrogens with zero attached hydrogens (tertiary/aromatic N) is 9. The number of Topliss-reactive ketones (excluding diaryl/α,β-unsaturated/α-hetero) is 5. The number of imidazole rings is 2. The molecule has 22 heteroatoms. The molecule has 8 aromatic heterocycles. The van der Waals surface area contributed by atoms with Crippen molar-refractivity contribution in [1.29, 1.82) is 0 Å². The molecule has 0 bridgehead atoms. The highest BCUT2D eigenvalue weighted by atomic mass is 16.2. The number of nitrogens with one attached hydrogen (secondary N) is 4. The van der Waals surface area contributed by atoms with Crippen LogP contribution in [0.2, 0.25) is 0 Å². The molecular formula is C58H63N14O8+. The number of ketones is 5. The van der Waals surface area contributed by atoms with E-state index in [4.69, 9.17) is 4.98 Å². The second-order valence-electron chi connectivity index (χ2n) is 20.4. The Morgan fingerprint density at radius 2 is 1.05 bits per heavy atom. The number of aryl methyl sites for hydroxylation is 7. The van der Waals surface area contributed by atoms with Gasteiger partial charge in [-0.2, -0.15) is 0 Å². The molecule has 0 unspecified atom stereocenters. The number of benzene rings is 1. The van der Waals surface area contributed by atoms with Crippen LogP contribution < -0.4 is 21.7 Å². The zero-order valence-electron chi connectivity index (χ0n) is 45.8. The van der Waals surface area contributed by atoms with Crippen LogP contribution in [0.5, 0.6) is 0 Å². The summed E-state index contributed by atoms with van der Waals surface area (Å²) in [6, 6.07) is 14.6. The Hall–Kier alpha value is -9.70. The number of quaternary nitrogens is 1. The summed E-state index contributed by atoms with van der Waals surface area (Å²) in [7, 11) is 12.3. The van der Waals surface area contributed by atoms with Gasteiger partial charge in [0.15, 0.2) is 40.6 Å². The molecule has 1 aromatic carbocycles. The van der Waals surface area contributed by atoms with Crippen molar-refractivity contribution in [3.05, 3.63) is 166 Å². The van der Waals surface area contributed by atoms with Gasteiger partial charge < -0.3 is 58.6 Å². The summed E-state index contributed by atoms with van der Waals surface area (Å²) in [5.41, 5.74) is 12.1. The molecule has 0 aliphatic carbocycles. The van der Waals surface area contributed by atoms with Crippen molar-refractivity contribution in [3.63, 3.8) is 0 Å². The van der Waals surface area contributed by atoms with Gasteiger partial charge in [0.25, 0.3) is 17.7 Å². The molecule has 0 radical (unpaired) electrons. The van der Waals surface area contributed by atoms with Crippen LogP contribution in [0.4, 0.5) is 11.4 Å². The van der Waals surface area contributed by atoms with Crippen molar-refractivity contribution in [2.45, 2.75) is 51.5 Å². The maximum atomic E-state index is 13.6. The zero-order chi connectivity index (χ0) is 57.3. The third-order valence-electron chi connectivity index (χ3n) is 14.2. The lowest BCUT2D eigenvalue weighted by molar-refractivity contribution is -0.404. The van der Waals surface area contributed by atoms with Crippen LogP contribution in [0, 0.1) is 0 Å². The minimum absolute atomic E-state index is 0.000335. The van der Waals surface area contributed by atoms with Crippen LogP contribution in [-0.2, 0) is 79.8 Å². The number of aromatic amines is 1. The van der Waals surface area contributed by atoms with Gasteiger partial charge in [0.05, 0.1) is 50.9 Å². The maximum Gasteiger partial charge on any atom is 0.291 e. The highest BCUT2D eigenvalue weighted by Crippen LogP contribution is 2.27. The fourth-order valence-corrected chi connectivity index (χ4v) is 9.97. The first-order valence-corrected chi connectivity index (χ1v) is 25.9. The summed E-state index contributed by atoms with van der Waals surface area (Å²) in [6.07, 6.45) is 14.5. The average Bonchev–Trinajstić information content (AvgIpc) is 4.33. The van der Waals surface area contributed by atoms with Gasteiger partial charge in [-0.05, 0) is 76.9 Å². The molecular weight excluding hydrogens is 1020 g/mol. The van der Waals surface area contributed by atoms with Crippen LogP contribution in [0.15, 0.2) is 104 Å². The molecule has 0 fully saturated rings. The molecule has 0 saturated carbocycles. The number of aromatic nitrogens is 10. The van der Waals surface area contributed by atoms with Crippen molar-refractivity contribution in [3.8, 4) is 11.5 Å². The van der Waals surface area contributed by atoms with E-state index in [1.54, 1.807) is 181 Å². The van der Waals surface area contributed by atoms with Crippen LogP contribution >= 0.6 is 0 Å². The number of fused-ring (bicyclic) bond motifs is 1. The van der Waals surface area contributed by atoms with E-state index in [1.165, 1.54) is 0 Å². The van der Waals surface area contributed by atoms with Crippen molar-refractivity contribution < 1.29 is 44.1 Å². The second-order valence-corrected chi connectivity index (χ2v) is 20.4. The number of anilines is 2. The maximum absolute atomic E-state index is 13.6. The largest absolute Gasteiger partial charge is 0.351 e. The first-order valence-electron chi connectivity index (χ1n) is 25.9. The van der Waals surface area contributed by atoms with Crippen LogP contribution in [-0.4, -0.2) is 106 Å². The number of H-pyrrole nitrogens is 1. The molecule has 0 saturated heterocycles. The van der Waals surface area contributed by atoms with E-state index in [1.807, 2.05) is 11.6 Å². The summed E-state index contributed by atoms with van der Waals surface area (Å²) in [4.78, 5) is 118.